The molecule has 0 unspecified atom stereocenters. The molecule has 0 aliphatic rings. The summed E-state index contributed by atoms with van der Waals surface area (Å²) in [5, 5.41) is 2.63. The molecule has 2 rings (SSSR count). The highest BCUT2D eigenvalue weighted by molar-refractivity contribution is 5.99. The van der Waals surface area contributed by atoms with Crippen molar-refractivity contribution in [3.05, 3.63) is 65.5 Å². The summed E-state index contributed by atoms with van der Waals surface area (Å²) in [4.78, 5) is 35.2. The SMILES string of the molecule is CCC(=O)Nc1cccc(C(=O)OCC(=O)c2ccc(F)cc2)c1. The second-order valence-corrected chi connectivity index (χ2v) is 4.99. The minimum atomic E-state index is -0.682. The Kier molecular flexibility index (Phi) is 5.78. The Morgan fingerprint density at radius 1 is 1.04 bits per heavy atom. The van der Waals surface area contributed by atoms with Crippen LogP contribution in [0.5, 0.6) is 0 Å². The van der Waals surface area contributed by atoms with Gasteiger partial charge in [-0.25, -0.2) is 9.18 Å². The van der Waals surface area contributed by atoms with E-state index in [1.165, 1.54) is 24.3 Å². The van der Waals surface area contributed by atoms with Crippen molar-refractivity contribution in [1.82, 2.24) is 0 Å². The van der Waals surface area contributed by atoms with Crippen LogP contribution in [0.1, 0.15) is 34.1 Å². The van der Waals surface area contributed by atoms with Crippen LogP contribution < -0.4 is 5.32 Å². The summed E-state index contributed by atoms with van der Waals surface area (Å²) < 4.78 is 17.8. The first kappa shape index (κ1) is 17.3. The summed E-state index contributed by atoms with van der Waals surface area (Å²) >= 11 is 0. The maximum absolute atomic E-state index is 12.8. The van der Waals surface area contributed by atoms with Crippen molar-refractivity contribution in [2.24, 2.45) is 0 Å². The third-order valence-electron chi connectivity index (χ3n) is 3.20. The molecule has 0 aliphatic carbocycles. The van der Waals surface area contributed by atoms with Gasteiger partial charge in [-0.1, -0.05) is 13.0 Å². The Morgan fingerprint density at radius 2 is 1.75 bits per heavy atom. The summed E-state index contributed by atoms with van der Waals surface area (Å²) in [6.07, 6.45) is 0.320. The number of esters is 1. The molecule has 0 bridgehead atoms. The van der Waals surface area contributed by atoms with Gasteiger partial charge in [0.2, 0.25) is 5.91 Å². The molecule has 0 saturated heterocycles. The number of Topliss-reactive ketones (excluding diaryl/α,β-unsaturated/α-hetero) is 1. The van der Waals surface area contributed by atoms with Gasteiger partial charge in [-0.15, -0.1) is 0 Å². The number of hydrogen-bond acceptors (Lipinski definition) is 4. The lowest BCUT2D eigenvalue weighted by Gasteiger charge is -2.07. The van der Waals surface area contributed by atoms with Crippen molar-refractivity contribution in [2.45, 2.75) is 13.3 Å². The van der Waals surface area contributed by atoms with Crippen LogP contribution in [0.4, 0.5) is 10.1 Å². The Hall–Kier alpha value is -3.02. The molecule has 124 valence electrons. The quantitative estimate of drug-likeness (QED) is 0.652. The van der Waals surface area contributed by atoms with Gasteiger partial charge < -0.3 is 10.1 Å². The Morgan fingerprint density at radius 3 is 2.42 bits per heavy atom. The topological polar surface area (TPSA) is 72.5 Å². The number of hydrogen-bond donors (Lipinski definition) is 1. The molecule has 0 aliphatic heterocycles. The minimum absolute atomic E-state index is 0.174. The fourth-order valence-corrected chi connectivity index (χ4v) is 1.91. The Labute approximate surface area is 138 Å². The fourth-order valence-electron chi connectivity index (χ4n) is 1.91. The van der Waals surface area contributed by atoms with Crippen LogP contribution in [0.3, 0.4) is 0 Å². The highest BCUT2D eigenvalue weighted by atomic mass is 19.1. The number of carbonyl (C=O) groups is 3. The molecule has 0 atom stereocenters. The van der Waals surface area contributed by atoms with E-state index < -0.39 is 24.2 Å². The van der Waals surface area contributed by atoms with Crippen LogP contribution in [-0.2, 0) is 9.53 Å². The van der Waals surface area contributed by atoms with E-state index >= 15 is 0 Å². The number of carbonyl (C=O) groups excluding carboxylic acids is 3. The van der Waals surface area contributed by atoms with E-state index in [0.29, 0.717) is 12.1 Å². The zero-order valence-electron chi connectivity index (χ0n) is 13.0. The van der Waals surface area contributed by atoms with Crippen molar-refractivity contribution < 1.29 is 23.5 Å². The number of anilines is 1. The molecule has 0 saturated carbocycles. The van der Waals surface area contributed by atoms with Crippen molar-refractivity contribution in [2.75, 3.05) is 11.9 Å². The third-order valence-corrected chi connectivity index (χ3v) is 3.20. The molecule has 0 spiro atoms. The van der Waals surface area contributed by atoms with Gasteiger partial charge in [-0.3, -0.25) is 9.59 Å². The first-order chi connectivity index (χ1) is 11.5. The number of benzene rings is 2. The van der Waals surface area contributed by atoms with Crippen LogP contribution in [0, 0.1) is 5.82 Å². The molecule has 0 heterocycles. The van der Waals surface area contributed by atoms with Gasteiger partial charge >= 0.3 is 5.97 Å². The van der Waals surface area contributed by atoms with Crippen molar-refractivity contribution >= 4 is 23.3 Å². The monoisotopic (exact) mass is 329 g/mol. The first-order valence-electron chi connectivity index (χ1n) is 7.35. The lowest BCUT2D eigenvalue weighted by Crippen LogP contribution is -2.15. The molecule has 1 amide bonds. The molecule has 2 aromatic rings. The smallest absolute Gasteiger partial charge is 0.338 e. The third kappa shape index (κ3) is 4.74. The average molecular weight is 329 g/mol. The first-order valence-corrected chi connectivity index (χ1v) is 7.35. The Bertz CT molecular complexity index is 756. The van der Waals surface area contributed by atoms with E-state index in [-0.39, 0.29) is 17.0 Å². The van der Waals surface area contributed by atoms with E-state index in [0.717, 1.165) is 12.1 Å². The van der Waals surface area contributed by atoms with Crippen LogP contribution >= 0.6 is 0 Å². The lowest BCUT2D eigenvalue weighted by molar-refractivity contribution is -0.115. The molecule has 5 nitrogen and oxygen atoms in total. The van der Waals surface area contributed by atoms with E-state index in [1.54, 1.807) is 19.1 Å². The van der Waals surface area contributed by atoms with Gasteiger partial charge in [0.1, 0.15) is 5.82 Å². The lowest BCUT2D eigenvalue weighted by atomic mass is 10.1. The van der Waals surface area contributed by atoms with Gasteiger partial charge in [-0.05, 0) is 42.5 Å². The van der Waals surface area contributed by atoms with Gasteiger partial charge in [0.15, 0.2) is 12.4 Å². The molecular formula is C18H16FNO4. The number of halogens is 1. The Balaban J connectivity index is 1.97. The largest absolute Gasteiger partial charge is 0.454 e. The van der Waals surface area contributed by atoms with E-state index in [1.807, 2.05) is 0 Å². The maximum atomic E-state index is 12.8. The number of nitrogens with one attached hydrogen (secondary N) is 1. The molecule has 0 fully saturated rings. The summed E-state index contributed by atoms with van der Waals surface area (Å²) in [5.74, 6) is -1.74. The van der Waals surface area contributed by atoms with E-state index in [2.05, 4.69) is 5.32 Å². The number of ketones is 1. The minimum Gasteiger partial charge on any atom is -0.454 e. The number of amides is 1. The van der Waals surface area contributed by atoms with Crippen LogP contribution in [0.2, 0.25) is 0 Å². The highest BCUT2D eigenvalue weighted by Gasteiger charge is 2.12. The average Bonchev–Trinajstić information content (AvgIpc) is 2.60. The van der Waals surface area contributed by atoms with Gasteiger partial charge in [0, 0.05) is 17.7 Å². The predicted octanol–water partition coefficient (Wildman–Crippen LogP) is 3.21. The second-order valence-electron chi connectivity index (χ2n) is 4.99. The van der Waals surface area contributed by atoms with E-state index in [9.17, 15) is 18.8 Å². The summed E-state index contributed by atoms with van der Waals surface area (Å²) in [6.45, 7) is 1.27. The van der Waals surface area contributed by atoms with Crippen LogP contribution in [0.25, 0.3) is 0 Å². The molecule has 24 heavy (non-hydrogen) atoms. The predicted molar refractivity (Wildman–Crippen MR) is 86.4 cm³/mol. The molecule has 6 heteroatoms. The second kappa shape index (κ2) is 8.01. The summed E-state index contributed by atoms with van der Waals surface area (Å²) in [5.41, 5.74) is 0.949. The standard InChI is InChI=1S/C18H16FNO4/c1-2-17(22)20-15-5-3-4-13(10-15)18(23)24-11-16(21)12-6-8-14(19)9-7-12/h3-10H,2,11H2,1H3,(H,20,22). The zero-order chi connectivity index (χ0) is 17.5. The number of rotatable bonds is 6. The summed E-state index contributed by atoms with van der Waals surface area (Å²) in [6, 6.07) is 11.2. The molecule has 1 N–H and O–H groups in total. The maximum Gasteiger partial charge on any atom is 0.338 e. The van der Waals surface area contributed by atoms with Crippen molar-refractivity contribution in [1.29, 1.82) is 0 Å². The highest BCUT2D eigenvalue weighted by Crippen LogP contribution is 2.12. The molecular weight excluding hydrogens is 313 g/mol. The van der Waals surface area contributed by atoms with Crippen molar-refractivity contribution in [3.63, 3.8) is 0 Å². The summed E-state index contributed by atoms with van der Waals surface area (Å²) in [7, 11) is 0. The van der Waals surface area contributed by atoms with Gasteiger partial charge in [-0.2, -0.15) is 0 Å². The zero-order valence-corrected chi connectivity index (χ0v) is 13.0. The molecule has 2 aromatic carbocycles. The van der Waals surface area contributed by atoms with E-state index in [4.69, 9.17) is 4.74 Å². The fraction of sp³-hybridized carbons (Fsp3) is 0.167. The molecule has 0 aromatic heterocycles. The molecule has 0 radical (unpaired) electrons. The van der Waals surface area contributed by atoms with Crippen molar-refractivity contribution in [3.8, 4) is 0 Å². The van der Waals surface area contributed by atoms with Crippen LogP contribution in [-0.4, -0.2) is 24.3 Å². The number of ether oxygens (including phenoxy) is 1. The normalized spacial score (nSPS) is 10.1. The van der Waals surface area contributed by atoms with Crippen LogP contribution in [0.15, 0.2) is 48.5 Å². The van der Waals surface area contributed by atoms with Gasteiger partial charge in [0.25, 0.3) is 0 Å². The van der Waals surface area contributed by atoms with Gasteiger partial charge in [0.05, 0.1) is 5.56 Å².